The van der Waals surface area contributed by atoms with Crippen LogP contribution in [0.3, 0.4) is 0 Å². The van der Waals surface area contributed by atoms with E-state index in [1.165, 1.54) is 32.1 Å². The standard InChI is InChI=1S/C9H15Br/c1-9-6-4-2-3-5-7(9)8(9)10/h7-8H,2-6H2,1H3. The van der Waals surface area contributed by atoms with Crippen LogP contribution < -0.4 is 0 Å². The van der Waals surface area contributed by atoms with Crippen molar-refractivity contribution in [3.63, 3.8) is 0 Å². The van der Waals surface area contributed by atoms with Crippen LogP contribution in [-0.2, 0) is 0 Å². The molecular weight excluding hydrogens is 188 g/mol. The summed E-state index contributed by atoms with van der Waals surface area (Å²) in [6.45, 7) is 2.45. The van der Waals surface area contributed by atoms with E-state index in [1.807, 2.05) is 0 Å². The van der Waals surface area contributed by atoms with Gasteiger partial charge in [0.15, 0.2) is 0 Å². The molecule has 0 radical (unpaired) electrons. The monoisotopic (exact) mass is 202 g/mol. The maximum atomic E-state index is 3.77. The van der Waals surface area contributed by atoms with Crippen LogP contribution in [0.25, 0.3) is 0 Å². The largest absolute Gasteiger partial charge is 0.0881 e. The molecule has 0 nitrogen and oxygen atoms in total. The highest BCUT2D eigenvalue weighted by Crippen LogP contribution is 2.63. The predicted octanol–water partition coefficient (Wildman–Crippen LogP) is 3.35. The van der Waals surface area contributed by atoms with E-state index in [9.17, 15) is 0 Å². The van der Waals surface area contributed by atoms with Gasteiger partial charge < -0.3 is 0 Å². The van der Waals surface area contributed by atoms with Crippen molar-refractivity contribution in [2.75, 3.05) is 0 Å². The lowest BCUT2D eigenvalue weighted by Crippen LogP contribution is -1.96. The Morgan fingerprint density at radius 3 is 2.90 bits per heavy atom. The minimum absolute atomic E-state index is 0.705. The zero-order valence-electron chi connectivity index (χ0n) is 6.57. The highest BCUT2D eigenvalue weighted by molar-refractivity contribution is 9.09. The molecule has 3 unspecified atom stereocenters. The summed E-state index contributed by atoms with van der Waals surface area (Å²) in [5.74, 6) is 1.02. The molecule has 0 aromatic carbocycles. The quantitative estimate of drug-likeness (QED) is 0.529. The first-order valence-electron chi connectivity index (χ1n) is 4.39. The molecule has 3 atom stereocenters. The highest BCUT2D eigenvalue weighted by Gasteiger charge is 2.58. The van der Waals surface area contributed by atoms with Gasteiger partial charge >= 0.3 is 0 Å². The summed E-state index contributed by atoms with van der Waals surface area (Å²) in [5.41, 5.74) is 0.705. The number of alkyl halides is 1. The molecule has 10 heavy (non-hydrogen) atoms. The Morgan fingerprint density at radius 2 is 2.10 bits per heavy atom. The third kappa shape index (κ3) is 0.861. The van der Waals surface area contributed by atoms with Crippen molar-refractivity contribution in [2.24, 2.45) is 11.3 Å². The summed E-state index contributed by atoms with van der Waals surface area (Å²) >= 11 is 3.77. The van der Waals surface area contributed by atoms with E-state index in [0.29, 0.717) is 5.41 Å². The average Bonchev–Trinajstić information content (AvgIpc) is 2.48. The highest BCUT2D eigenvalue weighted by atomic mass is 79.9. The van der Waals surface area contributed by atoms with Crippen molar-refractivity contribution in [3.05, 3.63) is 0 Å². The normalized spacial score (nSPS) is 53.4. The van der Waals surface area contributed by atoms with E-state index >= 15 is 0 Å². The maximum Gasteiger partial charge on any atom is 0.0236 e. The van der Waals surface area contributed by atoms with E-state index in [2.05, 4.69) is 22.9 Å². The van der Waals surface area contributed by atoms with Crippen molar-refractivity contribution < 1.29 is 0 Å². The number of halogens is 1. The Bertz CT molecular complexity index is 144. The topological polar surface area (TPSA) is 0 Å². The van der Waals surface area contributed by atoms with Gasteiger partial charge in [-0.2, -0.15) is 0 Å². The third-order valence-corrected chi connectivity index (χ3v) is 5.14. The Balaban J connectivity index is 2.05. The molecular formula is C9H15Br. The molecule has 0 aliphatic heterocycles. The van der Waals surface area contributed by atoms with Crippen LogP contribution in [-0.4, -0.2) is 4.83 Å². The van der Waals surface area contributed by atoms with Gasteiger partial charge in [-0.3, -0.25) is 0 Å². The summed E-state index contributed by atoms with van der Waals surface area (Å²) in [6.07, 6.45) is 7.36. The maximum absolute atomic E-state index is 3.77. The van der Waals surface area contributed by atoms with Crippen LogP contribution in [0.4, 0.5) is 0 Å². The smallest absolute Gasteiger partial charge is 0.0236 e. The fraction of sp³-hybridized carbons (Fsp3) is 1.00. The molecule has 0 amide bonds. The molecule has 0 saturated heterocycles. The zero-order valence-corrected chi connectivity index (χ0v) is 8.15. The molecule has 0 bridgehead atoms. The lowest BCUT2D eigenvalue weighted by molar-refractivity contribution is 0.470. The van der Waals surface area contributed by atoms with Crippen LogP contribution in [0.15, 0.2) is 0 Å². The van der Waals surface area contributed by atoms with Gasteiger partial charge in [-0.1, -0.05) is 42.1 Å². The first-order chi connectivity index (χ1) is 4.75. The Hall–Kier alpha value is 0.480. The van der Waals surface area contributed by atoms with Crippen LogP contribution in [0, 0.1) is 11.3 Å². The van der Waals surface area contributed by atoms with Gasteiger partial charge in [0.2, 0.25) is 0 Å². The van der Waals surface area contributed by atoms with E-state index in [4.69, 9.17) is 0 Å². The summed E-state index contributed by atoms with van der Waals surface area (Å²) in [6, 6.07) is 0. The number of hydrogen-bond acceptors (Lipinski definition) is 0. The van der Waals surface area contributed by atoms with E-state index in [1.54, 1.807) is 0 Å². The SMILES string of the molecule is CC12CCCCCC1C2Br. The average molecular weight is 203 g/mol. The first kappa shape index (κ1) is 7.15. The van der Waals surface area contributed by atoms with Crippen molar-refractivity contribution in [1.82, 2.24) is 0 Å². The predicted molar refractivity (Wildman–Crippen MR) is 47.4 cm³/mol. The minimum Gasteiger partial charge on any atom is -0.0881 e. The Labute approximate surface area is 71.5 Å². The summed E-state index contributed by atoms with van der Waals surface area (Å²) in [5, 5.41) is 0. The third-order valence-electron chi connectivity index (χ3n) is 3.45. The van der Waals surface area contributed by atoms with Gasteiger partial charge in [0.05, 0.1) is 0 Å². The van der Waals surface area contributed by atoms with Crippen LogP contribution in [0.5, 0.6) is 0 Å². The van der Waals surface area contributed by atoms with Crippen LogP contribution in [0.2, 0.25) is 0 Å². The van der Waals surface area contributed by atoms with Crippen molar-refractivity contribution >= 4 is 15.9 Å². The van der Waals surface area contributed by atoms with Crippen molar-refractivity contribution in [1.29, 1.82) is 0 Å². The second kappa shape index (κ2) is 2.23. The molecule has 2 saturated carbocycles. The molecule has 0 N–H and O–H groups in total. The first-order valence-corrected chi connectivity index (χ1v) is 5.31. The van der Waals surface area contributed by atoms with Gasteiger partial charge in [-0.25, -0.2) is 0 Å². The molecule has 0 aromatic rings. The molecule has 1 heteroatoms. The molecule has 2 aliphatic rings. The van der Waals surface area contributed by atoms with Gasteiger partial charge in [-0.05, 0) is 24.2 Å². The van der Waals surface area contributed by atoms with Crippen molar-refractivity contribution in [2.45, 2.75) is 43.9 Å². The number of rotatable bonds is 0. The van der Waals surface area contributed by atoms with Gasteiger partial charge in [0.1, 0.15) is 0 Å². The summed E-state index contributed by atoms with van der Waals surface area (Å²) < 4.78 is 0. The molecule has 58 valence electrons. The van der Waals surface area contributed by atoms with Crippen molar-refractivity contribution in [3.8, 4) is 0 Å². The Morgan fingerprint density at radius 1 is 1.30 bits per heavy atom. The lowest BCUT2D eigenvalue weighted by atomic mass is 10.0. The summed E-state index contributed by atoms with van der Waals surface area (Å²) in [7, 11) is 0. The minimum atomic E-state index is 0.705. The van der Waals surface area contributed by atoms with Crippen LogP contribution >= 0.6 is 15.9 Å². The van der Waals surface area contributed by atoms with Gasteiger partial charge in [0.25, 0.3) is 0 Å². The molecule has 2 fully saturated rings. The second-order valence-corrected chi connectivity index (χ2v) is 5.10. The fourth-order valence-electron chi connectivity index (χ4n) is 2.45. The molecule has 0 aromatic heterocycles. The van der Waals surface area contributed by atoms with E-state index < -0.39 is 0 Å². The molecule has 0 heterocycles. The molecule has 2 rings (SSSR count). The Kier molecular flexibility index (Phi) is 1.59. The van der Waals surface area contributed by atoms with E-state index in [-0.39, 0.29) is 0 Å². The number of hydrogen-bond donors (Lipinski definition) is 0. The van der Waals surface area contributed by atoms with Crippen LogP contribution in [0.1, 0.15) is 39.0 Å². The molecule has 0 spiro atoms. The van der Waals surface area contributed by atoms with Gasteiger partial charge in [-0.15, -0.1) is 0 Å². The zero-order chi connectivity index (χ0) is 7.19. The lowest BCUT2D eigenvalue weighted by Gasteiger charge is -2.05. The van der Waals surface area contributed by atoms with E-state index in [0.717, 1.165) is 10.7 Å². The van der Waals surface area contributed by atoms with Gasteiger partial charge in [0, 0.05) is 4.83 Å². The second-order valence-electron chi connectivity index (χ2n) is 4.11. The fourth-order valence-corrected chi connectivity index (χ4v) is 3.73. The molecule has 2 aliphatic carbocycles. The number of fused-ring (bicyclic) bond motifs is 1. The summed E-state index contributed by atoms with van der Waals surface area (Å²) in [4.78, 5) is 0.861.